The van der Waals surface area contributed by atoms with E-state index in [1.54, 1.807) is 6.20 Å². The van der Waals surface area contributed by atoms with Crippen LogP contribution in [0, 0.1) is 0 Å². The summed E-state index contributed by atoms with van der Waals surface area (Å²) in [5.74, 6) is 0.437. The minimum absolute atomic E-state index is 0.325. The SMILES string of the molecule is CN1CCOc2cc(-c3ccc4c(cnn4C4=CC(=O)NS4=O)c3)ncc21. The molecule has 8 nitrogen and oxygen atoms in total. The van der Waals surface area contributed by atoms with Crippen molar-refractivity contribution in [3.05, 3.63) is 42.7 Å². The van der Waals surface area contributed by atoms with Crippen LogP contribution in [-0.2, 0) is 15.8 Å². The molecule has 0 saturated carbocycles. The summed E-state index contributed by atoms with van der Waals surface area (Å²) in [5, 5.41) is 5.48. The number of rotatable bonds is 2. The van der Waals surface area contributed by atoms with Crippen LogP contribution in [0.15, 0.2) is 42.7 Å². The summed E-state index contributed by atoms with van der Waals surface area (Å²) < 4.78 is 21.6. The van der Waals surface area contributed by atoms with E-state index in [-0.39, 0.29) is 5.91 Å². The van der Waals surface area contributed by atoms with Crippen LogP contribution in [0.4, 0.5) is 5.69 Å². The van der Waals surface area contributed by atoms with Crippen LogP contribution in [0.2, 0.25) is 0 Å². The number of carbonyl (C=O) groups excluding carboxylic acids is 1. The predicted octanol–water partition coefficient (Wildman–Crippen LogP) is 1.52. The van der Waals surface area contributed by atoms with Crippen LogP contribution in [0.25, 0.3) is 27.2 Å². The Labute approximate surface area is 157 Å². The highest BCUT2D eigenvalue weighted by Gasteiger charge is 2.23. The van der Waals surface area contributed by atoms with E-state index < -0.39 is 11.0 Å². The molecule has 4 heterocycles. The Morgan fingerprint density at radius 3 is 2.96 bits per heavy atom. The van der Waals surface area contributed by atoms with Crippen LogP contribution in [0.5, 0.6) is 5.75 Å². The molecule has 5 rings (SSSR count). The van der Waals surface area contributed by atoms with Crippen molar-refractivity contribution in [1.82, 2.24) is 19.5 Å². The molecule has 0 bridgehead atoms. The highest BCUT2D eigenvalue weighted by Crippen LogP contribution is 2.34. The zero-order valence-electron chi connectivity index (χ0n) is 14.4. The average molecular weight is 381 g/mol. The van der Waals surface area contributed by atoms with E-state index in [1.807, 2.05) is 37.5 Å². The van der Waals surface area contributed by atoms with Crippen molar-refractivity contribution in [3.63, 3.8) is 0 Å². The Bertz CT molecular complexity index is 1150. The molecule has 2 aromatic heterocycles. The second-order valence-electron chi connectivity index (χ2n) is 6.35. The molecule has 2 aliphatic heterocycles. The molecule has 1 N–H and O–H groups in total. The summed E-state index contributed by atoms with van der Waals surface area (Å²) in [4.78, 5) is 18.1. The molecular weight excluding hydrogens is 366 g/mol. The number of benzene rings is 1. The predicted molar refractivity (Wildman–Crippen MR) is 102 cm³/mol. The summed E-state index contributed by atoms with van der Waals surface area (Å²) in [6, 6.07) is 7.71. The largest absolute Gasteiger partial charge is 0.489 e. The molecule has 1 atom stereocenters. The Hall–Kier alpha value is -3.20. The number of hydrogen-bond acceptors (Lipinski definition) is 6. The molecular formula is C18H15N5O3S. The number of pyridine rings is 1. The molecule has 1 unspecified atom stereocenters. The van der Waals surface area contributed by atoms with Crippen molar-refractivity contribution in [3.8, 4) is 17.0 Å². The van der Waals surface area contributed by atoms with Gasteiger partial charge in [0.15, 0.2) is 16.0 Å². The number of anilines is 1. The molecule has 3 aromatic rings. The number of nitrogens with zero attached hydrogens (tertiary/aromatic N) is 4. The van der Waals surface area contributed by atoms with E-state index in [0.717, 1.165) is 40.1 Å². The lowest BCUT2D eigenvalue weighted by Crippen LogP contribution is -2.28. The van der Waals surface area contributed by atoms with Crippen molar-refractivity contribution in [2.75, 3.05) is 25.1 Å². The van der Waals surface area contributed by atoms with Gasteiger partial charge < -0.3 is 9.64 Å². The first-order valence-electron chi connectivity index (χ1n) is 8.37. The molecule has 27 heavy (non-hydrogen) atoms. The first kappa shape index (κ1) is 16.0. The second kappa shape index (κ2) is 5.92. The van der Waals surface area contributed by atoms with Gasteiger partial charge in [-0.15, -0.1) is 0 Å². The first-order valence-corrected chi connectivity index (χ1v) is 9.52. The van der Waals surface area contributed by atoms with Gasteiger partial charge in [0, 0.05) is 30.1 Å². The maximum absolute atomic E-state index is 12.0. The lowest BCUT2D eigenvalue weighted by atomic mass is 10.1. The second-order valence-corrected chi connectivity index (χ2v) is 7.51. The van der Waals surface area contributed by atoms with Crippen LogP contribution in [0.3, 0.4) is 0 Å². The molecule has 0 saturated heterocycles. The third kappa shape index (κ3) is 2.58. The number of nitrogens with one attached hydrogen (secondary N) is 1. The molecule has 0 aliphatic carbocycles. The minimum atomic E-state index is -1.59. The number of fused-ring (bicyclic) bond motifs is 2. The van der Waals surface area contributed by atoms with Crippen LogP contribution in [-0.4, -0.2) is 45.1 Å². The molecule has 136 valence electrons. The zero-order chi connectivity index (χ0) is 18.5. The molecule has 0 spiro atoms. The van der Waals surface area contributed by atoms with E-state index in [0.29, 0.717) is 11.6 Å². The molecule has 9 heteroatoms. The Kier molecular flexibility index (Phi) is 3.51. The molecule has 2 aliphatic rings. The van der Waals surface area contributed by atoms with Gasteiger partial charge in [-0.1, -0.05) is 6.07 Å². The highest BCUT2D eigenvalue weighted by molar-refractivity contribution is 7.93. The van der Waals surface area contributed by atoms with Gasteiger partial charge in [0.2, 0.25) is 0 Å². The first-order chi connectivity index (χ1) is 13.1. The number of amides is 1. The number of ether oxygens (including phenoxy) is 1. The van der Waals surface area contributed by atoms with E-state index >= 15 is 0 Å². The number of hydrogen-bond donors (Lipinski definition) is 1. The topological polar surface area (TPSA) is 89.4 Å². The van der Waals surface area contributed by atoms with Crippen molar-refractivity contribution in [1.29, 1.82) is 0 Å². The van der Waals surface area contributed by atoms with Gasteiger partial charge in [0.1, 0.15) is 12.4 Å². The molecule has 1 aromatic carbocycles. The third-order valence-corrected chi connectivity index (χ3v) is 5.71. The Morgan fingerprint density at radius 2 is 2.15 bits per heavy atom. The van der Waals surface area contributed by atoms with Gasteiger partial charge in [-0.05, 0) is 12.1 Å². The number of aromatic nitrogens is 3. The molecule has 0 radical (unpaired) electrons. The van der Waals surface area contributed by atoms with E-state index in [4.69, 9.17) is 4.74 Å². The lowest BCUT2D eigenvalue weighted by Gasteiger charge is -2.27. The monoisotopic (exact) mass is 381 g/mol. The maximum atomic E-state index is 12.0. The van der Waals surface area contributed by atoms with Gasteiger partial charge in [-0.2, -0.15) is 5.10 Å². The van der Waals surface area contributed by atoms with Gasteiger partial charge >= 0.3 is 0 Å². The van der Waals surface area contributed by atoms with Crippen LogP contribution < -0.4 is 14.4 Å². The van der Waals surface area contributed by atoms with Crippen LogP contribution in [0.1, 0.15) is 0 Å². The van der Waals surface area contributed by atoms with Gasteiger partial charge in [-0.3, -0.25) is 14.5 Å². The maximum Gasteiger partial charge on any atom is 0.258 e. The third-order valence-electron chi connectivity index (χ3n) is 4.65. The zero-order valence-corrected chi connectivity index (χ0v) is 15.2. The van der Waals surface area contributed by atoms with Gasteiger partial charge in [0.05, 0.1) is 35.8 Å². The van der Waals surface area contributed by atoms with Gasteiger partial charge in [-0.25, -0.2) is 8.89 Å². The smallest absolute Gasteiger partial charge is 0.258 e. The minimum Gasteiger partial charge on any atom is -0.489 e. The van der Waals surface area contributed by atoms with E-state index in [2.05, 4.69) is 19.7 Å². The van der Waals surface area contributed by atoms with Crippen LogP contribution >= 0.6 is 0 Å². The van der Waals surface area contributed by atoms with Crippen molar-refractivity contribution < 1.29 is 13.7 Å². The molecule has 1 amide bonds. The molecule has 0 fully saturated rings. The Morgan fingerprint density at radius 1 is 1.26 bits per heavy atom. The van der Waals surface area contributed by atoms with E-state index in [1.165, 1.54) is 10.8 Å². The quantitative estimate of drug-likeness (QED) is 0.724. The fourth-order valence-corrected chi connectivity index (χ4v) is 4.11. The van der Waals surface area contributed by atoms with E-state index in [9.17, 15) is 9.00 Å². The van der Waals surface area contributed by atoms with Crippen molar-refractivity contribution >= 4 is 38.5 Å². The standard InChI is InChI=1S/C18H15N5O3S/c1-22-4-5-26-16-7-13(19-10-15(16)22)11-2-3-14-12(6-11)9-20-23(14)18-8-17(24)21-27(18)25/h2-3,6-10H,4-5H2,1H3,(H,21,24). The summed E-state index contributed by atoms with van der Waals surface area (Å²) >= 11 is 0. The summed E-state index contributed by atoms with van der Waals surface area (Å²) in [6.07, 6.45) is 4.80. The van der Waals surface area contributed by atoms with Crippen molar-refractivity contribution in [2.24, 2.45) is 0 Å². The summed E-state index contributed by atoms with van der Waals surface area (Å²) in [7, 11) is 0.424. The summed E-state index contributed by atoms with van der Waals surface area (Å²) in [5.41, 5.74) is 3.48. The fourth-order valence-electron chi connectivity index (χ4n) is 3.25. The van der Waals surface area contributed by atoms with Gasteiger partial charge in [0.25, 0.3) is 5.91 Å². The number of carbonyl (C=O) groups is 1. The average Bonchev–Trinajstić information content (AvgIpc) is 3.23. The normalized spacial score (nSPS) is 18.9. The fraction of sp³-hybridized carbons (Fsp3) is 0.167. The number of likely N-dealkylation sites (N-methyl/N-ethyl adjacent to an activating group) is 1. The highest BCUT2D eigenvalue weighted by atomic mass is 32.2. The lowest BCUT2D eigenvalue weighted by molar-refractivity contribution is -0.114. The Balaban J connectivity index is 1.56. The van der Waals surface area contributed by atoms with Crippen molar-refractivity contribution in [2.45, 2.75) is 0 Å². The summed E-state index contributed by atoms with van der Waals surface area (Å²) in [6.45, 7) is 1.49.